The molecule has 0 aliphatic heterocycles. The molecule has 0 aliphatic carbocycles. The van der Waals surface area contributed by atoms with Crippen molar-refractivity contribution in [2.24, 2.45) is 0 Å². The fourth-order valence-corrected chi connectivity index (χ4v) is 7.17. The van der Waals surface area contributed by atoms with Crippen LogP contribution in [0.15, 0.2) is 126 Å². The molecule has 0 saturated carbocycles. The van der Waals surface area contributed by atoms with E-state index >= 15 is 0 Å². The third-order valence-corrected chi connectivity index (χ3v) is 10.0. The van der Waals surface area contributed by atoms with Gasteiger partial charge in [0.15, 0.2) is 0 Å². The number of nitrogens with zero attached hydrogens (tertiary/aromatic N) is 2. The second-order valence-corrected chi connectivity index (χ2v) is 17.6. The van der Waals surface area contributed by atoms with Gasteiger partial charge in [-0.2, -0.15) is 0 Å². The minimum atomic E-state index is -1.43. The van der Waals surface area contributed by atoms with Crippen LogP contribution in [-0.4, -0.2) is 18.0 Å². The van der Waals surface area contributed by atoms with Gasteiger partial charge in [0.05, 0.1) is 13.7 Å². The van der Waals surface area contributed by atoms with Gasteiger partial charge in [-0.1, -0.05) is 116 Å². The molecule has 0 unspecified atom stereocenters. The first-order valence-corrected chi connectivity index (χ1v) is 18.9. The molecule has 4 aromatic carbocycles. The second kappa shape index (κ2) is 14.5. The summed E-state index contributed by atoms with van der Waals surface area (Å²) in [6, 6.07) is 43.3. The minimum absolute atomic E-state index is 0. The zero-order valence-corrected chi connectivity index (χ0v) is 30.3. The van der Waals surface area contributed by atoms with E-state index in [0.29, 0.717) is 0 Å². The van der Waals surface area contributed by atoms with Gasteiger partial charge in [0.25, 0.3) is 0 Å². The summed E-state index contributed by atoms with van der Waals surface area (Å²) >= 11 is 0. The Balaban J connectivity index is 0.000000181. The summed E-state index contributed by atoms with van der Waals surface area (Å²) in [5.41, 5.74) is 9.02. The number of hydrogen-bond acceptors (Lipinski definition) is 3. The van der Waals surface area contributed by atoms with Crippen LogP contribution in [0, 0.1) is 12.1 Å². The molecule has 0 N–H and O–H groups in total. The Hall–Kier alpha value is -4.15. The van der Waals surface area contributed by atoms with E-state index in [4.69, 9.17) is 10.8 Å². The summed E-state index contributed by atoms with van der Waals surface area (Å²) in [4.78, 5) is 9.19. The van der Waals surface area contributed by atoms with Crippen LogP contribution < -0.4 is 5.19 Å². The number of furan rings is 1. The minimum Gasteiger partial charge on any atom is -0.501 e. The summed E-state index contributed by atoms with van der Waals surface area (Å²) in [7, 11) is -1.43. The molecular weight excluding hydrogens is 757 g/mol. The van der Waals surface area contributed by atoms with Crippen molar-refractivity contribution in [3.8, 4) is 22.5 Å². The van der Waals surface area contributed by atoms with Crippen LogP contribution in [0.2, 0.25) is 19.6 Å². The molecule has 0 bridgehead atoms. The van der Waals surface area contributed by atoms with Gasteiger partial charge in [0, 0.05) is 39.3 Å². The molecule has 1 radical (unpaired) electrons. The zero-order chi connectivity index (χ0) is 32.3. The molecular formula is C41H38IrN2OSi-2. The maximum absolute atomic E-state index is 8.22. The molecule has 0 saturated heterocycles. The Morgan fingerprint density at radius 1 is 0.783 bits per heavy atom. The smallest absolute Gasteiger partial charge is 0.120 e. The van der Waals surface area contributed by atoms with Crippen molar-refractivity contribution in [3.05, 3.63) is 150 Å². The summed E-state index contributed by atoms with van der Waals surface area (Å²) in [5, 5.41) is 3.60. The number of fused-ring (bicyclic) bond motifs is 3. The molecule has 0 spiro atoms. The first-order chi connectivity index (χ1) is 22.1. The average molecular weight is 796 g/mol. The summed E-state index contributed by atoms with van der Waals surface area (Å²) in [6.45, 7) is 10.9. The molecule has 3 nitrogen and oxygen atoms in total. The Bertz CT molecular complexity index is 2100. The van der Waals surface area contributed by atoms with E-state index in [9.17, 15) is 0 Å². The number of benzene rings is 4. The summed E-state index contributed by atoms with van der Waals surface area (Å²) < 4.78 is 14.3. The van der Waals surface area contributed by atoms with Crippen molar-refractivity contribution >= 4 is 35.2 Å². The van der Waals surface area contributed by atoms with E-state index in [1.54, 1.807) is 6.20 Å². The van der Waals surface area contributed by atoms with E-state index in [1.165, 1.54) is 16.3 Å². The van der Waals surface area contributed by atoms with Gasteiger partial charge in [-0.15, -0.1) is 54.1 Å². The first-order valence-electron chi connectivity index (χ1n) is 15.9. The Morgan fingerprint density at radius 3 is 2.28 bits per heavy atom. The molecule has 0 amide bonds. The van der Waals surface area contributed by atoms with E-state index in [1.807, 2.05) is 74.5 Å². The van der Waals surface area contributed by atoms with Gasteiger partial charge in [-0.25, -0.2) is 0 Å². The number of aromatic nitrogens is 2. The number of hydrogen-bond donors (Lipinski definition) is 0. The van der Waals surface area contributed by atoms with Gasteiger partial charge in [-0.3, -0.25) is 0 Å². The van der Waals surface area contributed by atoms with Crippen molar-refractivity contribution in [2.45, 2.75) is 45.8 Å². The van der Waals surface area contributed by atoms with Crippen LogP contribution in [0.25, 0.3) is 44.5 Å². The molecule has 3 aromatic heterocycles. The number of pyridine rings is 2. The molecule has 7 rings (SSSR count). The third-order valence-electron chi connectivity index (χ3n) is 7.95. The summed E-state index contributed by atoms with van der Waals surface area (Å²) in [5.74, 6) is -0.667. The van der Waals surface area contributed by atoms with E-state index < -0.39 is 14.0 Å². The fourth-order valence-electron chi connectivity index (χ4n) is 5.59. The second-order valence-electron chi connectivity index (χ2n) is 12.5. The Morgan fingerprint density at radius 2 is 1.54 bits per heavy atom. The van der Waals surface area contributed by atoms with E-state index in [0.717, 1.165) is 56.4 Å². The quantitative estimate of drug-likeness (QED) is 0.124. The van der Waals surface area contributed by atoms with Crippen molar-refractivity contribution in [1.29, 1.82) is 0 Å². The van der Waals surface area contributed by atoms with Gasteiger partial charge in [-0.05, 0) is 46.6 Å². The van der Waals surface area contributed by atoms with Crippen LogP contribution in [0.3, 0.4) is 0 Å². The van der Waals surface area contributed by atoms with Crippen LogP contribution in [0.4, 0.5) is 0 Å². The van der Waals surface area contributed by atoms with Crippen molar-refractivity contribution in [2.75, 3.05) is 0 Å². The molecule has 46 heavy (non-hydrogen) atoms. The van der Waals surface area contributed by atoms with Gasteiger partial charge < -0.3 is 14.4 Å². The third kappa shape index (κ3) is 7.45. The van der Waals surface area contributed by atoms with Gasteiger partial charge in [0.2, 0.25) is 0 Å². The molecule has 0 fully saturated rings. The number of para-hydroxylation sites is 1. The van der Waals surface area contributed by atoms with Crippen LogP contribution in [-0.2, 0) is 26.5 Å². The monoisotopic (exact) mass is 796 g/mol. The first kappa shape index (κ1) is 31.8. The Kier molecular flexibility index (Phi) is 10.0. The standard InChI is InChI=1S/C21H22NSi.C20H16NO.Ir/c1-23(2,3)21-16-22-20(18-12-8-5-9-13-18)15-19(21)14-17-10-6-4-7-11-17;1-13(2)14-10-11-21-18(12-14)17-8-5-7-16-15-6-3-4-9-19(15)22-20(16)17;/h4-12,15-16H,14H2,1-3H3;3-7,9-13H,1-2H3;/q2*-1;/i;13D;. The predicted octanol–water partition coefficient (Wildman–Crippen LogP) is 10.3. The Labute approximate surface area is 288 Å². The fraction of sp³-hybridized carbons (Fsp3) is 0.171. The van der Waals surface area contributed by atoms with Crippen LogP contribution in [0.5, 0.6) is 0 Å². The normalized spacial score (nSPS) is 11.8. The maximum Gasteiger partial charge on any atom is 0.120 e. The van der Waals surface area contributed by atoms with Crippen molar-refractivity contribution < 1.29 is 25.9 Å². The maximum atomic E-state index is 8.22. The molecule has 0 aliphatic rings. The molecule has 0 atom stereocenters. The average Bonchev–Trinajstić information content (AvgIpc) is 3.44. The van der Waals surface area contributed by atoms with Crippen LogP contribution in [0.1, 0.15) is 37.8 Å². The number of rotatable bonds is 6. The van der Waals surface area contributed by atoms with Gasteiger partial charge >= 0.3 is 0 Å². The zero-order valence-electron chi connectivity index (χ0n) is 27.9. The largest absolute Gasteiger partial charge is 0.501 e. The van der Waals surface area contributed by atoms with E-state index in [2.05, 4.69) is 91.5 Å². The van der Waals surface area contributed by atoms with Crippen molar-refractivity contribution in [1.82, 2.24) is 9.97 Å². The predicted molar refractivity (Wildman–Crippen MR) is 191 cm³/mol. The van der Waals surface area contributed by atoms with E-state index in [-0.39, 0.29) is 20.1 Å². The molecule has 5 heteroatoms. The molecule has 233 valence electrons. The summed E-state index contributed by atoms with van der Waals surface area (Å²) in [6.07, 6.45) is 4.81. The topological polar surface area (TPSA) is 38.9 Å². The molecule has 3 heterocycles. The molecule has 7 aromatic rings. The SMILES string of the molecule is C[Si](C)(C)c1cnc(-c2[c-]cccc2)cc1Cc1ccccc1.[2H]C(C)(C)c1ccnc(-c2[c-]ccc3c2oc2ccccc23)c1.[Ir]. The van der Waals surface area contributed by atoms with Crippen molar-refractivity contribution in [3.63, 3.8) is 0 Å². The van der Waals surface area contributed by atoms with Crippen LogP contribution >= 0.6 is 0 Å². The van der Waals surface area contributed by atoms with Gasteiger partial charge in [0.1, 0.15) is 5.58 Å².